The number of carbonyl (C=O) groups excluding carboxylic acids is 2. The van der Waals surface area contributed by atoms with Gasteiger partial charge in [-0.1, -0.05) is 6.07 Å². The largest absolute Gasteiger partial charge is 0.407 e. The van der Waals surface area contributed by atoms with E-state index in [0.29, 0.717) is 11.0 Å². The lowest BCUT2D eigenvalue weighted by Gasteiger charge is -2.35. The molecule has 6 nitrogen and oxygen atoms in total. The molecule has 1 aromatic rings. The Hall–Kier alpha value is -2.58. The quantitative estimate of drug-likeness (QED) is 0.398. The van der Waals surface area contributed by atoms with E-state index in [2.05, 4.69) is 9.58 Å². The molecule has 11 heteroatoms. The van der Waals surface area contributed by atoms with Crippen molar-refractivity contribution in [1.82, 2.24) is 0 Å². The van der Waals surface area contributed by atoms with Crippen molar-refractivity contribution in [3.63, 3.8) is 0 Å². The minimum absolute atomic E-state index is 0.189. The second-order valence-electron chi connectivity index (χ2n) is 8.37. The molecule has 2 unspecified atom stereocenters. The zero-order valence-electron chi connectivity index (χ0n) is 16.4. The van der Waals surface area contributed by atoms with Gasteiger partial charge in [0.1, 0.15) is 0 Å². The van der Waals surface area contributed by atoms with Crippen molar-refractivity contribution < 1.29 is 41.0 Å². The van der Waals surface area contributed by atoms with Gasteiger partial charge in [0.05, 0.1) is 41.8 Å². The number of rotatable bonds is 4. The molecule has 1 aromatic carbocycles. The zero-order chi connectivity index (χ0) is 22.9. The van der Waals surface area contributed by atoms with Crippen molar-refractivity contribution in [2.45, 2.75) is 44.3 Å². The van der Waals surface area contributed by atoms with Crippen LogP contribution in [0.3, 0.4) is 0 Å². The summed E-state index contributed by atoms with van der Waals surface area (Å²) in [4.78, 5) is 29.9. The van der Waals surface area contributed by atoms with Crippen LogP contribution in [0.2, 0.25) is 0 Å². The highest BCUT2D eigenvalue weighted by atomic mass is 19.4. The molecular formula is C20H17F5N2O4. The maximum atomic E-state index is 13.4. The summed E-state index contributed by atoms with van der Waals surface area (Å²) in [5, 5.41) is 0. The lowest BCUT2D eigenvalue weighted by atomic mass is 9.64. The van der Waals surface area contributed by atoms with Crippen molar-refractivity contribution in [1.29, 1.82) is 0 Å². The number of hydrogen-bond acceptors (Lipinski definition) is 4. The number of hydrogen-bond donors (Lipinski definition) is 0. The van der Waals surface area contributed by atoms with Crippen LogP contribution in [0, 0.1) is 24.3 Å². The van der Waals surface area contributed by atoms with Crippen LogP contribution in [-0.2, 0) is 25.2 Å². The number of amides is 2. The van der Waals surface area contributed by atoms with Gasteiger partial charge in [-0.2, -0.15) is 22.0 Å². The summed E-state index contributed by atoms with van der Waals surface area (Å²) in [6.07, 6.45) is -4.66. The summed E-state index contributed by atoms with van der Waals surface area (Å²) in [6.45, 7) is 6.67. The summed E-state index contributed by atoms with van der Waals surface area (Å²) in [5.74, 6) is -4.06. The third-order valence-corrected chi connectivity index (χ3v) is 6.58. The van der Waals surface area contributed by atoms with Gasteiger partial charge in [0.15, 0.2) is 5.69 Å². The second-order valence-corrected chi connectivity index (χ2v) is 8.37. The highest BCUT2D eigenvalue weighted by Crippen LogP contribution is 2.63. The highest BCUT2D eigenvalue weighted by Gasteiger charge is 2.75. The molecule has 0 spiro atoms. The minimum Gasteiger partial charge on any atom is -0.367 e. The number of alkyl halides is 5. The average molecular weight is 444 g/mol. The van der Waals surface area contributed by atoms with Gasteiger partial charge in [-0.25, -0.2) is 9.74 Å². The van der Waals surface area contributed by atoms with Crippen molar-refractivity contribution in [3.05, 3.63) is 35.2 Å². The Morgan fingerprint density at radius 2 is 1.90 bits per heavy atom. The fourth-order valence-corrected chi connectivity index (χ4v) is 5.34. The second kappa shape index (κ2) is 6.71. The molecule has 0 saturated carbocycles. The zero-order valence-corrected chi connectivity index (χ0v) is 16.4. The van der Waals surface area contributed by atoms with E-state index < -0.39 is 64.8 Å². The smallest absolute Gasteiger partial charge is 0.367 e. The van der Waals surface area contributed by atoms with Gasteiger partial charge < -0.3 is 9.47 Å². The Morgan fingerprint density at radius 3 is 2.48 bits per heavy atom. The lowest BCUT2D eigenvalue weighted by molar-refractivity contribution is -0.155. The molecule has 3 aliphatic heterocycles. The van der Waals surface area contributed by atoms with E-state index in [1.807, 2.05) is 0 Å². The molecule has 0 radical (unpaired) electrons. The fourth-order valence-electron chi connectivity index (χ4n) is 5.34. The number of nitrogens with zero attached hydrogens (tertiary/aromatic N) is 2. The lowest BCUT2D eigenvalue weighted by Crippen LogP contribution is -2.47. The van der Waals surface area contributed by atoms with Crippen LogP contribution in [0.15, 0.2) is 18.2 Å². The topological polar surface area (TPSA) is 60.2 Å². The molecule has 3 aliphatic rings. The van der Waals surface area contributed by atoms with Gasteiger partial charge in [-0.3, -0.25) is 9.59 Å². The first-order valence-electron chi connectivity index (χ1n) is 9.40. The van der Waals surface area contributed by atoms with Gasteiger partial charge in [0.2, 0.25) is 11.8 Å². The van der Waals surface area contributed by atoms with E-state index in [9.17, 15) is 31.5 Å². The Balaban J connectivity index is 1.72. The fraction of sp³-hybridized carbons (Fsp3) is 0.550. The number of fused-ring (bicyclic) bond motifs is 5. The summed E-state index contributed by atoms with van der Waals surface area (Å²) < 4.78 is 75.5. The number of benzene rings is 1. The van der Waals surface area contributed by atoms with Crippen LogP contribution in [0.1, 0.15) is 25.8 Å². The summed E-state index contributed by atoms with van der Waals surface area (Å²) >= 11 is 0. The number of halogens is 5. The molecule has 5 atom stereocenters. The molecule has 0 aliphatic carbocycles. The molecule has 2 amide bonds. The van der Waals surface area contributed by atoms with Crippen LogP contribution >= 0.6 is 0 Å². The van der Waals surface area contributed by atoms with Gasteiger partial charge in [-0.15, -0.1) is 0 Å². The molecule has 0 N–H and O–H groups in total. The van der Waals surface area contributed by atoms with Gasteiger partial charge in [-0.05, 0) is 32.4 Å². The summed E-state index contributed by atoms with van der Waals surface area (Å²) in [6, 6.07) is 2.63. The van der Waals surface area contributed by atoms with Crippen LogP contribution in [0.25, 0.3) is 4.85 Å². The van der Waals surface area contributed by atoms with Crippen molar-refractivity contribution in [2.75, 3.05) is 11.5 Å². The first kappa shape index (κ1) is 21.6. The Labute approximate surface area is 173 Å². The van der Waals surface area contributed by atoms with Crippen molar-refractivity contribution in [3.8, 4) is 0 Å². The Morgan fingerprint density at radius 1 is 1.26 bits per heavy atom. The van der Waals surface area contributed by atoms with E-state index in [-0.39, 0.29) is 18.7 Å². The first-order chi connectivity index (χ1) is 14.3. The van der Waals surface area contributed by atoms with Crippen LogP contribution in [-0.4, -0.2) is 36.2 Å². The predicted molar refractivity (Wildman–Crippen MR) is 95.1 cm³/mol. The highest BCUT2D eigenvalue weighted by molar-refractivity contribution is 6.23. The van der Waals surface area contributed by atoms with Gasteiger partial charge >= 0.3 is 12.8 Å². The van der Waals surface area contributed by atoms with Gasteiger partial charge in [0.25, 0.3) is 0 Å². The van der Waals surface area contributed by atoms with Crippen molar-refractivity contribution in [2.24, 2.45) is 17.8 Å². The molecule has 31 heavy (non-hydrogen) atoms. The van der Waals surface area contributed by atoms with E-state index in [1.54, 1.807) is 13.8 Å². The maximum absolute atomic E-state index is 13.4. The Kier molecular flexibility index (Phi) is 4.68. The minimum atomic E-state index is -4.85. The summed E-state index contributed by atoms with van der Waals surface area (Å²) in [5.41, 5.74) is -4.62. The molecule has 4 rings (SSSR count). The molecule has 3 fully saturated rings. The average Bonchev–Trinajstić information content (AvgIpc) is 3.19. The standard InChI is InChI=1S/C20H17F5N2O4/c1-18-7-9(8-30-17(21)22)19(2,31-18)14-13(18)15(28)27(16(14)29)10-4-5-12(26-3)11(6-10)20(23,24)25/h4-6,9,13-14,17H,7-8H2,1-2H3/t9-,13+,14-,18?,19?/m0/s1. The molecule has 0 aromatic heterocycles. The Bertz CT molecular complexity index is 1010. The molecule has 3 saturated heterocycles. The molecular weight excluding hydrogens is 427 g/mol. The van der Waals surface area contributed by atoms with Gasteiger partial charge in [0, 0.05) is 11.6 Å². The van der Waals surface area contributed by atoms with Crippen LogP contribution in [0.4, 0.5) is 33.3 Å². The number of imide groups is 1. The number of anilines is 1. The normalized spacial score (nSPS) is 34.5. The van der Waals surface area contributed by atoms with E-state index >= 15 is 0 Å². The van der Waals surface area contributed by atoms with E-state index in [0.717, 1.165) is 12.1 Å². The monoisotopic (exact) mass is 444 g/mol. The van der Waals surface area contributed by atoms with Crippen molar-refractivity contribution >= 4 is 23.2 Å². The SMILES string of the molecule is [C-]#[N+]c1ccc(N2C(=O)[C@@H]3[C@H](C2=O)C2(C)C[C@@H](COC(F)F)C3(C)O2)cc1C(F)(F)F. The van der Waals surface area contributed by atoms with Crippen LogP contribution < -0.4 is 4.90 Å². The maximum Gasteiger partial charge on any atom is 0.407 e. The predicted octanol–water partition coefficient (Wildman–Crippen LogP) is 4.17. The first-order valence-corrected chi connectivity index (χ1v) is 9.40. The molecule has 2 bridgehead atoms. The number of ether oxygens (including phenoxy) is 2. The third kappa shape index (κ3) is 3.03. The molecule has 166 valence electrons. The van der Waals surface area contributed by atoms with E-state index in [4.69, 9.17) is 11.3 Å². The summed E-state index contributed by atoms with van der Waals surface area (Å²) in [7, 11) is 0. The van der Waals surface area contributed by atoms with Crippen LogP contribution in [0.5, 0.6) is 0 Å². The number of carbonyl (C=O) groups is 2. The molecule has 3 heterocycles. The van der Waals surface area contributed by atoms with E-state index in [1.165, 1.54) is 0 Å². The third-order valence-electron chi connectivity index (χ3n) is 6.58.